The first kappa shape index (κ1) is 9.88. The van der Waals surface area contributed by atoms with Gasteiger partial charge in [-0.3, -0.25) is 0 Å². The summed E-state index contributed by atoms with van der Waals surface area (Å²) in [5.74, 6) is 0. The van der Waals surface area contributed by atoms with E-state index in [2.05, 4.69) is 6.58 Å². The van der Waals surface area contributed by atoms with Crippen LogP contribution in [-0.2, 0) is 0 Å². The van der Waals surface area contributed by atoms with E-state index in [0.717, 1.165) is 0 Å². The standard InChI is InChI=1S/C9H14N2/c1-2-3-4-5-6-7-8-9(10)11/h2-9H,1,10-11H2/b4-3+,6-5+,8-7+. The Morgan fingerprint density at radius 3 is 2.00 bits per heavy atom. The molecule has 11 heavy (non-hydrogen) atoms. The Balaban J connectivity index is 3.59. The third-order valence-electron chi connectivity index (χ3n) is 0.914. The zero-order valence-electron chi connectivity index (χ0n) is 6.48. The summed E-state index contributed by atoms with van der Waals surface area (Å²) in [4.78, 5) is 0. The van der Waals surface area contributed by atoms with E-state index in [1.54, 1.807) is 18.2 Å². The summed E-state index contributed by atoms with van der Waals surface area (Å²) in [5.41, 5.74) is 10.5. The summed E-state index contributed by atoms with van der Waals surface area (Å²) < 4.78 is 0. The van der Waals surface area contributed by atoms with Gasteiger partial charge in [-0.15, -0.1) is 0 Å². The highest BCUT2D eigenvalue weighted by atomic mass is 14.8. The Morgan fingerprint density at radius 1 is 0.909 bits per heavy atom. The number of allylic oxidation sites excluding steroid dienone is 6. The molecule has 0 aliphatic heterocycles. The summed E-state index contributed by atoms with van der Waals surface area (Å²) in [6, 6.07) is 0. The van der Waals surface area contributed by atoms with Crippen molar-refractivity contribution in [1.82, 2.24) is 0 Å². The van der Waals surface area contributed by atoms with Gasteiger partial charge >= 0.3 is 0 Å². The van der Waals surface area contributed by atoms with Crippen molar-refractivity contribution in [2.45, 2.75) is 6.17 Å². The second-order valence-electron chi connectivity index (χ2n) is 1.97. The molecule has 0 bridgehead atoms. The maximum Gasteiger partial charge on any atom is 0.0716 e. The largest absolute Gasteiger partial charge is 0.313 e. The molecule has 0 fully saturated rings. The molecular weight excluding hydrogens is 136 g/mol. The van der Waals surface area contributed by atoms with Crippen molar-refractivity contribution in [1.29, 1.82) is 0 Å². The summed E-state index contributed by atoms with van der Waals surface area (Å²) in [6.07, 6.45) is 12.3. The predicted molar refractivity (Wildman–Crippen MR) is 49.8 cm³/mol. The van der Waals surface area contributed by atoms with Crippen molar-refractivity contribution in [2.24, 2.45) is 11.5 Å². The van der Waals surface area contributed by atoms with Crippen LogP contribution in [0.3, 0.4) is 0 Å². The average molecular weight is 150 g/mol. The normalized spacial score (nSPS) is 12.6. The van der Waals surface area contributed by atoms with Gasteiger partial charge in [0.15, 0.2) is 0 Å². The molecule has 0 saturated heterocycles. The van der Waals surface area contributed by atoms with E-state index in [0.29, 0.717) is 0 Å². The molecule has 4 N–H and O–H groups in total. The third-order valence-corrected chi connectivity index (χ3v) is 0.914. The number of hydrogen-bond donors (Lipinski definition) is 2. The van der Waals surface area contributed by atoms with Gasteiger partial charge in [0.25, 0.3) is 0 Å². The highest BCUT2D eigenvalue weighted by Gasteiger charge is 1.77. The zero-order chi connectivity index (χ0) is 8.53. The van der Waals surface area contributed by atoms with Gasteiger partial charge in [0.05, 0.1) is 6.17 Å². The van der Waals surface area contributed by atoms with Crippen LogP contribution in [0, 0.1) is 0 Å². The molecule has 0 atom stereocenters. The van der Waals surface area contributed by atoms with E-state index in [-0.39, 0.29) is 6.17 Å². The Labute approximate surface area is 67.6 Å². The second-order valence-corrected chi connectivity index (χ2v) is 1.97. The number of nitrogens with two attached hydrogens (primary N) is 2. The fraction of sp³-hybridized carbons (Fsp3) is 0.111. The zero-order valence-corrected chi connectivity index (χ0v) is 6.48. The first-order valence-corrected chi connectivity index (χ1v) is 3.41. The van der Waals surface area contributed by atoms with E-state index in [1.807, 2.05) is 24.3 Å². The van der Waals surface area contributed by atoms with E-state index in [9.17, 15) is 0 Å². The Kier molecular flexibility index (Phi) is 6.28. The average Bonchev–Trinajstić information content (AvgIpc) is 1.96. The fourth-order valence-electron chi connectivity index (χ4n) is 0.463. The van der Waals surface area contributed by atoms with Crippen LogP contribution in [0.15, 0.2) is 49.1 Å². The summed E-state index contributed by atoms with van der Waals surface area (Å²) in [6.45, 7) is 3.53. The Bertz CT molecular complexity index is 176. The molecule has 0 spiro atoms. The van der Waals surface area contributed by atoms with Gasteiger partial charge in [-0.2, -0.15) is 0 Å². The minimum absolute atomic E-state index is 0.372. The highest BCUT2D eigenvalue weighted by molar-refractivity contribution is 5.14. The molecule has 0 amide bonds. The van der Waals surface area contributed by atoms with Crippen LogP contribution in [0.4, 0.5) is 0 Å². The molecule has 0 unspecified atom stereocenters. The Hall–Kier alpha value is -1.12. The molecule has 0 saturated carbocycles. The van der Waals surface area contributed by atoms with Crippen molar-refractivity contribution >= 4 is 0 Å². The quantitative estimate of drug-likeness (QED) is 0.465. The van der Waals surface area contributed by atoms with Gasteiger partial charge in [0.2, 0.25) is 0 Å². The maximum absolute atomic E-state index is 5.26. The van der Waals surface area contributed by atoms with E-state index >= 15 is 0 Å². The second kappa shape index (κ2) is 6.99. The SMILES string of the molecule is C=C/C=C/C=C/C=C/C(N)N. The van der Waals surface area contributed by atoms with Gasteiger partial charge in [-0.05, 0) is 0 Å². The van der Waals surface area contributed by atoms with Crippen LogP contribution < -0.4 is 11.5 Å². The first-order valence-electron chi connectivity index (χ1n) is 3.41. The molecule has 2 heteroatoms. The Morgan fingerprint density at radius 2 is 1.45 bits per heavy atom. The predicted octanol–water partition coefficient (Wildman–Crippen LogP) is 1.08. The maximum atomic E-state index is 5.26. The molecule has 0 aromatic heterocycles. The lowest BCUT2D eigenvalue weighted by atomic mass is 10.4. The smallest absolute Gasteiger partial charge is 0.0716 e. The lowest BCUT2D eigenvalue weighted by molar-refractivity contribution is 0.876. The molecule has 0 radical (unpaired) electrons. The van der Waals surface area contributed by atoms with Crippen LogP contribution >= 0.6 is 0 Å². The topological polar surface area (TPSA) is 52.0 Å². The van der Waals surface area contributed by atoms with E-state index in [1.165, 1.54) is 0 Å². The van der Waals surface area contributed by atoms with Gasteiger partial charge in [0.1, 0.15) is 0 Å². The molecular formula is C9H14N2. The van der Waals surface area contributed by atoms with Crippen LogP contribution in [0.2, 0.25) is 0 Å². The molecule has 0 aromatic rings. The molecule has 2 nitrogen and oxygen atoms in total. The van der Waals surface area contributed by atoms with Crippen LogP contribution in [0.25, 0.3) is 0 Å². The van der Waals surface area contributed by atoms with Crippen molar-refractivity contribution < 1.29 is 0 Å². The van der Waals surface area contributed by atoms with E-state index in [4.69, 9.17) is 11.5 Å². The minimum Gasteiger partial charge on any atom is -0.313 e. The van der Waals surface area contributed by atoms with Crippen molar-refractivity contribution in [2.75, 3.05) is 0 Å². The molecule has 0 aromatic carbocycles. The highest BCUT2D eigenvalue weighted by Crippen LogP contribution is 1.80. The summed E-state index contributed by atoms with van der Waals surface area (Å²) >= 11 is 0. The summed E-state index contributed by atoms with van der Waals surface area (Å²) in [5, 5.41) is 0. The number of hydrogen-bond acceptors (Lipinski definition) is 2. The molecule has 0 heterocycles. The summed E-state index contributed by atoms with van der Waals surface area (Å²) in [7, 11) is 0. The fourth-order valence-corrected chi connectivity index (χ4v) is 0.463. The lowest BCUT2D eigenvalue weighted by Crippen LogP contribution is -2.27. The van der Waals surface area contributed by atoms with Gasteiger partial charge < -0.3 is 11.5 Å². The van der Waals surface area contributed by atoms with Crippen molar-refractivity contribution in [3.63, 3.8) is 0 Å². The lowest BCUT2D eigenvalue weighted by Gasteiger charge is -1.90. The molecule has 60 valence electrons. The molecule has 0 aliphatic rings. The third kappa shape index (κ3) is 8.88. The van der Waals surface area contributed by atoms with Gasteiger partial charge in [-0.1, -0.05) is 49.1 Å². The minimum atomic E-state index is -0.372. The first-order chi connectivity index (χ1) is 5.27. The number of rotatable bonds is 4. The van der Waals surface area contributed by atoms with E-state index < -0.39 is 0 Å². The van der Waals surface area contributed by atoms with Crippen LogP contribution in [0.1, 0.15) is 0 Å². The van der Waals surface area contributed by atoms with Crippen LogP contribution in [-0.4, -0.2) is 6.17 Å². The van der Waals surface area contributed by atoms with Crippen molar-refractivity contribution in [3.05, 3.63) is 49.1 Å². The van der Waals surface area contributed by atoms with Crippen molar-refractivity contribution in [3.8, 4) is 0 Å². The monoisotopic (exact) mass is 150 g/mol. The van der Waals surface area contributed by atoms with Crippen LogP contribution in [0.5, 0.6) is 0 Å². The molecule has 0 rings (SSSR count). The molecule has 0 aliphatic carbocycles. The van der Waals surface area contributed by atoms with Gasteiger partial charge in [0, 0.05) is 0 Å². The van der Waals surface area contributed by atoms with Gasteiger partial charge in [-0.25, -0.2) is 0 Å².